The molecule has 0 fully saturated rings. The van der Waals surface area contributed by atoms with E-state index in [-0.39, 0.29) is 0 Å². The molecule has 0 unspecified atom stereocenters. The number of aryl methyl sites for hydroxylation is 1. The highest BCUT2D eigenvalue weighted by Crippen LogP contribution is 2.19. The number of nitrogens with zero attached hydrogens (tertiary/aromatic N) is 2. The summed E-state index contributed by atoms with van der Waals surface area (Å²) in [6.45, 7) is 3.56. The second-order valence-electron chi connectivity index (χ2n) is 5.49. The maximum absolute atomic E-state index is 5.78. The molecule has 1 N–H and O–H groups in total. The van der Waals surface area contributed by atoms with Gasteiger partial charge in [-0.2, -0.15) is 0 Å². The first-order valence-corrected chi connectivity index (χ1v) is 8.55. The molecule has 3 rings (SSSR count). The smallest absolute Gasteiger partial charge is 0.146 e. The van der Waals surface area contributed by atoms with Gasteiger partial charge in [-0.15, -0.1) is 11.3 Å². The lowest BCUT2D eigenvalue weighted by Gasteiger charge is -2.14. The Kier molecular flexibility index (Phi) is 5.10. The highest BCUT2D eigenvalue weighted by molar-refractivity contribution is 7.09. The van der Waals surface area contributed by atoms with Crippen LogP contribution in [0.15, 0.2) is 54.2 Å². The van der Waals surface area contributed by atoms with Crippen LogP contribution in [0.3, 0.4) is 0 Å². The van der Waals surface area contributed by atoms with Gasteiger partial charge < -0.3 is 14.6 Å². The Morgan fingerprint density at radius 2 is 2.09 bits per heavy atom. The predicted octanol–water partition coefficient (Wildman–Crippen LogP) is 3.91. The standard InChI is InChI=1S/C18H21N3OS/c1-14(20-12-17-4-3-11-23-17)15-5-7-16(8-6-15)22-13-18-19-9-10-21(18)2/h3-11,14,20H,12-13H2,1-2H3/t14-/m1/s1. The number of rotatable bonds is 7. The van der Waals surface area contributed by atoms with E-state index >= 15 is 0 Å². The molecule has 120 valence electrons. The van der Waals surface area contributed by atoms with Crippen LogP contribution in [0.5, 0.6) is 5.75 Å². The van der Waals surface area contributed by atoms with Gasteiger partial charge in [-0.3, -0.25) is 0 Å². The molecule has 4 nitrogen and oxygen atoms in total. The maximum atomic E-state index is 5.78. The van der Waals surface area contributed by atoms with E-state index in [9.17, 15) is 0 Å². The van der Waals surface area contributed by atoms with Crippen LogP contribution in [-0.2, 0) is 20.2 Å². The van der Waals surface area contributed by atoms with Crippen LogP contribution in [0.1, 0.15) is 29.2 Å². The molecule has 0 aliphatic carbocycles. The second-order valence-corrected chi connectivity index (χ2v) is 6.53. The number of aromatic nitrogens is 2. The molecule has 0 radical (unpaired) electrons. The third kappa shape index (κ3) is 4.21. The van der Waals surface area contributed by atoms with E-state index in [1.807, 2.05) is 29.9 Å². The summed E-state index contributed by atoms with van der Waals surface area (Å²) >= 11 is 1.78. The van der Waals surface area contributed by atoms with Crippen LogP contribution in [0.4, 0.5) is 0 Å². The number of imidazole rings is 1. The van der Waals surface area contributed by atoms with Crippen LogP contribution in [-0.4, -0.2) is 9.55 Å². The fraction of sp³-hybridized carbons (Fsp3) is 0.278. The number of benzene rings is 1. The Labute approximate surface area is 140 Å². The minimum absolute atomic E-state index is 0.306. The third-order valence-corrected chi connectivity index (χ3v) is 4.71. The number of hydrogen-bond donors (Lipinski definition) is 1. The lowest BCUT2D eigenvalue weighted by Crippen LogP contribution is -2.17. The number of hydrogen-bond acceptors (Lipinski definition) is 4. The van der Waals surface area contributed by atoms with Gasteiger partial charge in [-0.25, -0.2) is 4.98 Å². The van der Waals surface area contributed by atoms with Gasteiger partial charge in [-0.1, -0.05) is 18.2 Å². The molecule has 0 bridgehead atoms. The second kappa shape index (κ2) is 7.44. The van der Waals surface area contributed by atoms with E-state index in [0.717, 1.165) is 18.1 Å². The average Bonchev–Trinajstić information content (AvgIpc) is 3.23. The lowest BCUT2D eigenvalue weighted by atomic mass is 10.1. The first kappa shape index (κ1) is 15.8. The van der Waals surface area contributed by atoms with Gasteiger partial charge in [-0.05, 0) is 36.1 Å². The summed E-state index contributed by atoms with van der Waals surface area (Å²) in [6.07, 6.45) is 3.70. The SMILES string of the molecule is C[C@@H](NCc1cccs1)c1ccc(OCc2nccn2C)cc1. The van der Waals surface area contributed by atoms with Crippen molar-refractivity contribution in [1.29, 1.82) is 0 Å². The van der Waals surface area contributed by atoms with Crippen molar-refractivity contribution in [2.75, 3.05) is 0 Å². The van der Waals surface area contributed by atoms with E-state index in [1.54, 1.807) is 17.5 Å². The minimum atomic E-state index is 0.306. The summed E-state index contributed by atoms with van der Waals surface area (Å²) in [6, 6.07) is 12.8. The molecule has 2 heterocycles. The van der Waals surface area contributed by atoms with E-state index in [2.05, 4.69) is 46.9 Å². The maximum Gasteiger partial charge on any atom is 0.146 e. The highest BCUT2D eigenvalue weighted by atomic mass is 32.1. The molecule has 2 aromatic heterocycles. The monoisotopic (exact) mass is 327 g/mol. The summed E-state index contributed by atoms with van der Waals surface area (Å²) in [5.41, 5.74) is 1.26. The minimum Gasteiger partial charge on any atom is -0.486 e. The molecule has 5 heteroatoms. The molecule has 0 spiro atoms. The zero-order valence-electron chi connectivity index (χ0n) is 13.4. The Morgan fingerprint density at radius 3 is 2.74 bits per heavy atom. The van der Waals surface area contributed by atoms with Crippen molar-refractivity contribution in [2.24, 2.45) is 7.05 Å². The van der Waals surface area contributed by atoms with Gasteiger partial charge in [0.05, 0.1) is 0 Å². The average molecular weight is 327 g/mol. The molecule has 0 saturated heterocycles. The molecule has 0 aliphatic rings. The van der Waals surface area contributed by atoms with E-state index in [4.69, 9.17) is 4.74 Å². The highest BCUT2D eigenvalue weighted by Gasteiger charge is 2.06. The Hall–Kier alpha value is -2.11. The Balaban J connectivity index is 1.52. The summed E-state index contributed by atoms with van der Waals surface area (Å²) < 4.78 is 7.75. The van der Waals surface area contributed by atoms with Crippen LogP contribution < -0.4 is 10.1 Å². The number of nitrogens with one attached hydrogen (secondary N) is 1. The number of thiophene rings is 1. The van der Waals surface area contributed by atoms with E-state index in [1.165, 1.54) is 10.4 Å². The Morgan fingerprint density at radius 1 is 1.26 bits per heavy atom. The van der Waals surface area contributed by atoms with Crippen molar-refractivity contribution in [3.8, 4) is 5.75 Å². The van der Waals surface area contributed by atoms with Crippen molar-refractivity contribution in [3.63, 3.8) is 0 Å². The first-order valence-electron chi connectivity index (χ1n) is 7.67. The summed E-state index contributed by atoms with van der Waals surface area (Å²) in [5.74, 6) is 1.78. The molecule has 0 saturated carbocycles. The van der Waals surface area contributed by atoms with E-state index < -0.39 is 0 Å². The van der Waals surface area contributed by atoms with Gasteiger partial charge in [0.2, 0.25) is 0 Å². The van der Waals surface area contributed by atoms with Crippen LogP contribution in [0.2, 0.25) is 0 Å². The third-order valence-electron chi connectivity index (χ3n) is 3.83. The first-order chi connectivity index (χ1) is 11.2. The van der Waals surface area contributed by atoms with Gasteiger partial charge >= 0.3 is 0 Å². The molecule has 1 aromatic carbocycles. The molecular formula is C18H21N3OS. The van der Waals surface area contributed by atoms with Crippen LogP contribution in [0.25, 0.3) is 0 Å². The normalized spacial score (nSPS) is 12.3. The van der Waals surface area contributed by atoms with Crippen molar-refractivity contribution in [1.82, 2.24) is 14.9 Å². The van der Waals surface area contributed by atoms with Gasteiger partial charge in [0.25, 0.3) is 0 Å². The Bertz CT molecular complexity index is 719. The molecule has 3 aromatic rings. The quantitative estimate of drug-likeness (QED) is 0.715. The van der Waals surface area contributed by atoms with Gasteiger partial charge in [0.15, 0.2) is 0 Å². The molecular weight excluding hydrogens is 306 g/mol. The fourth-order valence-corrected chi connectivity index (χ4v) is 2.98. The molecule has 1 atom stereocenters. The van der Waals surface area contributed by atoms with Crippen molar-refractivity contribution >= 4 is 11.3 Å². The zero-order chi connectivity index (χ0) is 16.1. The van der Waals surface area contributed by atoms with Crippen molar-refractivity contribution in [3.05, 3.63) is 70.4 Å². The topological polar surface area (TPSA) is 39.1 Å². The molecule has 0 amide bonds. The van der Waals surface area contributed by atoms with Gasteiger partial charge in [0, 0.05) is 36.9 Å². The molecule has 0 aliphatic heterocycles. The zero-order valence-corrected chi connectivity index (χ0v) is 14.2. The van der Waals surface area contributed by atoms with Crippen LogP contribution in [0, 0.1) is 0 Å². The largest absolute Gasteiger partial charge is 0.486 e. The summed E-state index contributed by atoms with van der Waals surface area (Å²) in [7, 11) is 1.97. The summed E-state index contributed by atoms with van der Waals surface area (Å²) in [4.78, 5) is 5.61. The van der Waals surface area contributed by atoms with Crippen LogP contribution >= 0.6 is 11.3 Å². The van der Waals surface area contributed by atoms with Crippen molar-refractivity contribution in [2.45, 2.75) is 26.1 Å². The predicted molar refractivity (Wildman–Crippen MR) is 93.6 cm³/mol. The van der Waals surface area contributed by atoms with E-state index in [0.29, 0.717) is 12.6 Å². The molecule has 23 heavy (non-hydrogen) atoms. The summed E-state index contributed by atoms with van der Waals surface area (Å²) in [5, 5.41) is 5.65. The lowest BCUT2D eigenvalue weighted by molar-refractivity contribution is 0.291. The fourth-order valence-electron chi connectivity index (χ4n) is 2.32. The van der Waals surface area contributed by atoms with Crippen molar-refractivity contribution < 1.29 is 4.74 Å². The van der Waals surface area contributed by atoms with Gasteiger partial charge in [0.1, 0.15) is 18.2 Å². The number of ether oxygens (including phenoxy) is 1.